The summed E-state index contributed by atoms with van der Waals surface area (Å²) in [4.78, 5) is 39.3. The number of carboxylic acids is 4. The standard InChI is InChI=1S/C6H8O7.C2H4O3.2Na/c7-3(8)1-6(13,5(11)12)2-4(9)10;3-1-2(4)5;;/h13H,1-2H2,(H,7,8)(H,9,10)(H,11,12);3H,1H2,(H,4,5);;/q;;2*+1/p-2. The van der Waals surface area contributed by atoms with Crippen molar-refractivity contribution in [2.24, 2.45) is 0 Å². The summed E-state index contributed by atoms with van der Waals surface area (Å²) in [6, 6.07) is 0. The zero-order chi connectivity index (χ0) is 14.9. The Morgan fingerprint density at radius 1 is 0.900 bits per heavy atom. The van der Waals surface area contributed by atoms with Crippen molar-refractivity contribution in [3.63, 3.8) is 0 Å². The van der Waals surface area contributed by atoms with Crippen LogP contribution in [0.1, 0.15) is 12.8 Å². The SMILES string of the molecule is O=C([O-])CC(O)(CC(=O)O)C(=O)O.O=C([O-])CO.[Na+].[Na+]. The topological polar surface area (TPSA) is 195 Å². The van der Waals surface area contributed by atoms with E-state index in [-0.39, 0.29) is 59.1 Å². The number of carbonyl (C=O) groups is 4. The largest absolute Gasteiger partial charge is 1.00 e. The van der Waals surface area contributed by atoms with Crippen molar-refractivity contribution in [2.75, 3.05) is 6.61 Å². The summed E-state index contributed by atoms with van der Waals surface area (Å²) < 4.78 is 0. The smallest absolute Gasteiger partial charge is 0.550 e. The van der Waals surface area contributed by atoms with Crippen molar-refractivity contribution in [3.8, 4) is 0 Å². The van der Waals surface area contributed by atoms with Gasteiger partial charge in [0, 0.05) is 12.4 Å². The molecule has 0 aliphatic rings. The Hall–Kier alpha value is -0.200. The first-order valence-corrected chi connectivity index (χ1v) is 4.23. The summed E-state index contributed by atoms with van der Waals surface area (Å²) in [5, 5.41) is 52.0. The van der Waals surface area contributed by atoms with Crippen LogP contribution in [0.5, 0.6) is 0 Å². The molecule has 0 aromatic carbocycles. The van der Waals surface area contributed by atoms with Crippen LogP contribution in [-0.4, -0.2) is 56.5 Å². The van der Waals surface area contributed by atoms with Crippen LogP contribution in [-0.2, 0) is 19.2 Å². The molecule has 20 heavy (non-hydrogen) atoms. The summed E-state index contributed by atoms with van der Waals surface area (Å²) >= 11 is 0. The van der Waals surface area contributed by atoms with Crippen molar-refractivity contribution < 1.29 is 109 Å². The Morgan fingerprint density at radius 3 is 1.40 bits per heavy atom. The third-order valence-corrected chi connectivity index (χ3v) is 1.41. The maximum absolute atomic E-state index is 10.3. The van der Waals surface area contributed by atoms with Gasteiger partial charge in [-0.25, -0.2) is 4.79 Å². The van der Waals surface area contributed by atoms with Crippen molar-refractivity contribution in [1.82, 2.24) is 0 Å². The van der Waals surface area contributed by atoms with Gasteiger partial charge in [-0.3, -0.25) is 4.79 Å². The molecule has 0 heterocycles. The monoisotopic (exact) mass is 312 g/mol. The fourth-order valence-corrected chi connectivity index (χ4v) is 0.703. The van der Waals surface area contributed by atoms with Gasteiger partial charge in [-0.1, -0.05) is 0 Å². The molecule has 0 rings (SSSR count). The van der Waals surface area contributed by atoms with E-state index in [2.05, 4.69) is 0 Å². The van der Waals surface area contributed by atoms with Gasteiger partial charge in [0.25, 0.3) is 0 Å². The Balaban J connectivity index is -0.000000158. The summed E-state index contributed by atoms with van der Waals surface area (Å²) in [5.41, 5.74) is -2.80. The molecule has 0 aliphatic heterocycles. The van der Waals surface area contributed by atoms with Gasteiger partial charge in [-0.05, 0) is 0 Å². The average molecular weight is 312 g/mol. The Bertz CT molecular complexity index is 326. The quantitative estimate of drug-likeness (QED) is 0.342. The van der Waals surface area contributed by atoms with E-state index in [9.17, 15) is 19.5 Å². The first-order valence-electron chi connectivity index (χ1n) is 4.23. The van der Waals surface area contributed by atoms with E-state index in [0.717, 1.165) is 0 Å². The molecular formula is C8H10Na2O10. The Labute approximate surface area is 157 Å². The van der Waals surface area contributed by atoms with Gasteiger partial charge >= 0.3 is 71.1 Å². The summed E-state index contributed by atoms with van der Waals surface area (Å²) in [6.07, 6.45) is -2.44. The van der Waals surface area contributed by atoms with Gasteiger partial charge in [-0.2, -0.15) is 0 Å². The van der Waals surface area contributed by atoms with Crippen LogP contribution in [0, 0.1) is 0 Å². The van der Waals surface area contributed by atoms with Gasteiger partial charge in [-0.15, -0.1) is 0 Å². The molecule has 0 aromatic heterocycles. The van der Waals surface area contributed by atoms with Crippen LogP contribution >= 0.6 is 0 Å². The summed E-state index contributed by atoms with van der Waals surface area (Å²) in [7, 11) is 0. The third-order valence-electron chi connectivity index (χ3n) is 1.41. The number of aliphatic carboxylic acids is 4. The molecule has 0 fully saturated rings. The molecule has 104 valence electrons. The van der Waals surface area contributed by atoms with Crippen LogP contribution in [0.2, 0.25) is 0 Å². The van der Waals surface area contributed by atoms with E-state index in [4.69, 9.17) is 30.3 Å². The Morgan fingerprint density at radius 2 is 1.25 bits per heavy atom. The van der Waals surface area contributed by atoms with Gasteiger partial charge in [0.15, 0.2) is 5.60 Å². The third kappa shape index (κ3) is 15.9. The predicted molar refractivity (Wildman–Crippen MR) is 46.6 cm³/mol. The van der Waals surface area contributed by atoms with Crippen molar-refractivity contribution in [3.05, 3.63) is 0 Å². The van der Waals surface area contributed by atoms with Crippen LogP contribution < -0.4 is 69.3 Å². The van der Waals surface area contributed by atoms with E-state index < -0.39 is 48.9 Å². The van der Waals surface area contributed by atoms with Crippen LogP contribution in [0.25, 0.3) is 0 Å². The van der Waals surface area contributed by atoms with Gasteiger partial charge in [0.2, 0.25) is 0 Å². The number of hydrogen-bond acceptors (Lipinski definition) is 8. The molecule has 0 saturated carbocycles. The predicted octanol–water partition coefficient (Wildman–Crippen LogP) is -10.8. The minimum atomic E-state index is -2.80. The molecule has 1 atom stereocenters. The first kappa shape index (κ1) is 28.0. The minimum Gasteiger partial charge on any atom is -0.550 e. The summed E-state index contributed by atoms with van der Waals surface area (Å²) in [5.74, 6) is -6.78. The van der Waals surface area contributed by atoms with E-state index in [1.54, 1.807) is 0 Å². The molecule has 12 heteroatoms. The fraction of sp³-hybridized carbons (Fsp3) is 0.500. The number of carbonyl (C=O) groups excluding carboxylic acids is 2. The van der Waals surface area contributed by atoms with Crippen molar-refractivity contribution >= 4 is 23.9 Å². The molecule has 0 aliphatic carbocycles. The van der Waals surface area contributed by atoms with Crippen LogP contribution in [0.3, 0.4) is 0 Å². The number of hydrogen-bond donors (Lipinski definition) is 4. The fourth-order valence-electron chi connectivity index (χ4n) is 0.703. The molecule has 0 bridgehead atoms. The maximum Gasteiger partial charge on any atom is 1.00 e. The normalized spacial score (nSPS) is 11.3. The second-order valence-corrected chi connectivity index (χ2v) is 2.99. The molecule has 4 N–H and O–H groups in total. The van der Waals surface area contributed by atoms with Crippen molar-refractivity contribution in [2.45, 2.75) is 18.4 Å². The zero-order valence-electron chi connectivity index (χ0n) is 10.9. The van der Waals surface area contributed by atoms with Gasteiger partial charge in [0.05, 0.1) is 19.0 Å². The number of aliphatic hydroxyl groups is 2. The Kier molecular flexibility index (Phi) is 19.3. The zero-order valence-corrected chi connectivity index (χ0v) is 14.9. The molecule has 1 unspecified atom stereocenters. The number of rotatable bonds is 6. The molecule has 0 radical (unpaired) electrons. The second kappa shape index (κ2) is 13.8. The molecular weight excluding hydrogens is 302 g/mol. The van der Waals surface area contributed by atoms with E-state index in [0.29, 0.717) is 0 Å². The molecule has 0 amide bonds. The van der Waals surface area contributed by atoms with Gasteiger partial charge < -0.3 is 40.2 Å². The number of aliphatic hydroxyl groups excluding tert-OH is 1. The van der Waals surface area contributed by atoms with Crippen LogP contribution in [0.15, 0.2) is 0 Å². The molecule has 0 spiro atoms. The van der Waals surface area contributed by atoms with Gasteiger partial charge in [0.1, 0.15) is 0 Å². The minimum absolute atomic E-state index is 0. The molecule has 10 nitrogen and oxygen atoms in total. The second-order valence-electron chi connectivity index (χ2n) is 2.99. The summed E-state index contributed by atoms with van der Waals surface area (Å²) in [6.45, 7) is -0.889. The maximum atomic E-state index is 10.3. The average Bonchev–Trinajstić information content (AvgIpc) is 2.15. The van der Waals surface area contributed by atoms with Crippen LogP contribution in [0.4, 0.5) is 0 Å². The van der Waals surface area contributed by atoms with E-state index in [1.165, 1.54) is 0 Å². The number of carboxylic acid groups (broad SMARTS) is 4. The van der Waals surface area contributed by atoms with E-state index >= 15 is 0 Å². The van der Waals surface area contributed by atoms with Crippen molar-refractivity contribution in [1.29, 1.82) is 0 Å². The van der Waals surface area contributed by atoms with E-state index in [1.807, 2.05) is 0 Å². The molecule has 0 saturated heterocycles. The first-order chi connectivity index (χ1) is 8.05. The molecule has 0 aromatic rings.